The van der Waals surface area contributed by atoms with Crippen molar-refractivity contribution < 1.29 is 8.42 Å². The van der Waals surface area contributed by atoms with Crippen molar-refractivity contribution in [3.8, 4) is 6.19 Å². The average Bonchev–Trinajstić information content (AvgIpc) is 2.27. The molecule has 0 saturated carbocycles. The van der Waals surface area contributed by atoms with Crippen molar-refractivity contribution in [2.75, 3.05) is 28.1 Å². The summed E-state index contributed by atoms with van der Waals surface area (Å²) in [6, 6.07) is 6.80. The van der Waals surface area contributed by atoms with Crippen LogP contribution in [0.15, 0.2) is 24.3 Å². The molecular weight excluding hydrogens is 272 g/mol. The van der Waals surface area contributed by atoms with E-state index in [-0.39, 0.29) is 0 Å². The second kappa shape index (κ2) is 6.37. The van der Waals surface area contributed by atoms with Gasteiger partial charge in [-0.2, -0.15) is 5.26 Å². The Kier molecular flexibility index (Phi) is 5.12. The number of nitrogens with zero attached hydrogens (tertiary/aromatic N) is 2. The van der Waals surface area contributed by atoms with E-state index < -0.39 is 10.0 Å². The molecule has 0 aromatic heterocycles. The van der Waals surface area contributed by atoms with Crippen LogP contribution in [-0.4, -0.2) is 26.8 Å². The normalized spacial score (nSPS) is 10.5. The third-order valence-electron chi connectivity index (χ3n) is 1.90. The van der Waals surface area contributed by atoms with Gasteiger partial charge in [0.15, 0.2) is 6.19 Å². The van der Waals surface area contributed by atoms with Gasteiger partial charge >= 0.3 is 0 Å². The van der Waals surface area contributed by atoms with Crippen molar-refractivity contribution in [1.82, 2.24) is 5.43 Å². The summed E-state index contributed by atoms with van der Waals surface area (Å²) >= 11 is 1.54. The Balaban J connectivity index is 2.95. The van der Waals surface area contributed by atoms with E-state index in [1.807, 2.05) is 12.4 Å². The first-order chi connectivity index (χ1) is 8.46. The van der Waals surface area contributed by atoms with E-state index in [1.165, 1.54) is 11.8 Å². The van der Waals surface area contributed by atoms with Gasteiger partial charge in [-0.15, -0.1) is 11.8 Å². The molecule has 8 heteroatoms. The summed E-state index contributed by atoms with van der Waals surface area (Å²) in [5.74, 6) is 0.565. The molecule has 0 fully saturated rings. The molecule has 0 radical (unpaired) electrons. The maximum Gasteiger partial charge on any atom is 0.229 e. The SMILES string of the molecule is CSCN(NC#N)c1cccc(NS(C)(=O)=O)c1. The van der Waals surface area contributed by atoms with Gasteiger partial charge in [-0.1, -0.05) is 6.07 Å². The van der Waals surface area contributed by atoms with E-state index in [0.29, 0.717) is 17.3 Å². The number of thioether (sulfide) groups is 1. The number of hydrogen-bond acceptors (Lipinski definition) is 6. The van der Waals surface area contributed by atoms with Crippen LogP contribution in [0.5, 0.6) is 0 Å². The Morgan fingerprint density at radius 1 is 1.50 bits per heavy atom. The highest BCUT2D eigenvalue weighted by Gasteiger charge is 2.07. The molecule has 0 unspecified atom stereocenters. The molecule has 0 aliphatic carbocycles. The monoisotopic (exact) mass is 286 g/mol. The predicted octanol–water partition coefficient (Wildman–Crippen LogP) is 1.17. The highest BCUT2D eigenvalue weighted by atomic mass is 32.2. The van der Waals surface area contributed by atoms with Crippen LogP contribution in [0.3, 0.4) is 0 Å². The third kappa shape index (κ3) is 4.73. The van der Waals surface area contributed by atoms with E-state index in [2.05, 4.69) is 10.1 Å². The summed E-state index contributed by atoms with van der Waals surface area (Å²) in [5.41, 5.74) is 3.70. The standard InChI is InChI=1S/C10H14N4O2S2/c1-17-8-14(12-7-11)10-5-3-4-9(6-10)13-18(2,15)16/h3-6,12-13H,8H2,1-2H3. The average molecular weight is 286 g/mol. The third-order valence-corrected chi connectivity index (χ3v) is 3.03. The number of sulfonamides is 1. The highest BCUT2D eigenvalue weighted by molar-refractivity contribution is 7.98. The number of benzene rings is 1. The molecule has 0 atom stereocenters. The molecule has 1 aromatic rings. The second-order valence-electron chi connectivity index (χ2n) is 3.49. The molecule has 1 aromatic carbocycles. The van der Waals surface area contributed by atoms with Crippen molar-refractivity contribution >= 4 is 33.2 Å². The maximum absolute atomic E-state index is 11.1. The minimum absolute atomic E-state index is 0.459. The van der Waals surface area contributed by atoms with Crippen LogP contribution in [0.4, 0.5) is 11.4 Å². The van der Waals surface area contributed by atoms with E-state index in [1.54, 1.807) is 29.3 Å². The molecule has 0 aliphatic rings. The van der Waals surface area contributed by atoms with Crippen molar-refractivity contribution in [1.29, 1.82) is 5.26 Å². The summed E-state index contributed by atoms with van der Waals surface area (Å²) in [4.78, 5) is 0. The molecule has 18 heavy (non-hydrogen) atoms. The fourth-order valence-electron chi connectivity index (χ4n) is 1.31. The van der Waals surface area contributed by atoms with Gasteiger partial charge in [-0.05, 0) is 24.5 Å². The molecule has 0 heterocycles. The Labute approximate surface area is 111 Å². The van der Waals surface area contributed by atoms with Crippen molar-refractivity contribution in [2.24, 2.45) is 0 Å². The molecular formula is C10H14N4O2S2. The molecule has 0 bridgehead atoms. The van der Waals surface area contributed by atoms with Gasteiger partial charge in [0.1, 0.15) is 0 Å². The minimum Gasteiger partial charge on any atom is -0.284 e. The lowest BCUT2D eigenvalue weighted by Gasteiger charge is -2.21. The first-order valence-corrected chi connectivity index (χ1v) is 8.24. The summed E-state index contributed by atoms with van der Waals surface area (Å²) in [6.45, 7) is 0. The zero-order valence-corrected chi connectivity index (χ0v) is 11.7. The molecule has 98 valence electrons. The number of rotatable bonds is 6. The van der Waals surface area contributed by atoms with E-state index in [0.717, 1.165) is 6.26 Å². The molecule has 0 aliphatic heterocycles. The first kappa shape index (κ1) is 14.5. The Morgan fingerprint density at radius 2 is 2.22 bits per heavy atom. The van der Waals surface area contributed by atoms with E-state index in [9.17, 15) is 8.42 Å². The Morgan fingerprint density at radius 3 is 2.78 bits per heavy atom. The lowest BCUT2D eigenvalue weighted by atomic mass is 10.3. The van der Waals surface area contributed by atoms with Gasteiger partial charge in [0.2, 0.25) is 10.0 Å². The van der Waals surface area contributed by atoms with Crippen LogP contribution in [0.2, 0.25) is 0 Å². The smallest absolute Gasteiger partial charge is 0.229 e. The number of hydrogen-bond donors (Lipinski definition) is 2. The molecule has 0 spiro atoms. The zero-order chi connectivity index (χ0) is 13.6. The topological polar surface area (TPSA) is 85.2 Å². The summed E-state index contributed by atoms with van der Waals surface area (Å²) in [5, 5.41) is 10.3. The van der Waals surface area contributed by atoms with Gasteiger partial charge < -0.3 is 0 Å². The Bertz CT molecular complexity index is 539. The second-order valence-corrected chi connectivity index (χ2v) is 6.08. The van der Waals surface area contributed by atoms with Crippen molar-refractivity contribution in [3.05, 3.63) is 24.3 Å². The first-order valence-electron chi connectivity index (χ1n) is 4.95. The molecule has 2 N–H and O–H groups in total. The largest absolute Gasteiger partial charge is 0.284 e. The molecule has 0 amide bonds. The van der Waals surface area contributed by atoms with Gasteiger partial charge in [0.25, 0.3) is 0 Å². The molecule has 1 rings (SSSR count). The van der Waals surface area contributed by atoms with E-state index in [4.69, 9.17) is 5.26 Å². The molecule has 6 nitrogen and oxygen atoms in total. The quantitative estimate of drug-likeness (QED) is 0.353. The Hall–Kier alpha value is -1.59. The molecule has 0 saturated heterocycles. The highest BCUT2D eigenvalue weighted by Crippen LogP contribution is 2.20. The van der Waals surface area contributed by atoms with Gasteiger partial charge in [0.05, 0.1) is 23.5 Å². The lowest BCUT2D eigenvalue weighted by Crippen LogP contribution is -2.34. The summed E-state index contributed by atoms with van der Waals surface area (Å²) < 4.78 is 24.7. The van der Waals surface area contributed by atoms with Gasteiger partial charge in [-0.25, -0.2) is 13.8 Å². The lowest BCUT2D eigenvalue weighted by molar-refractivity contribution is 0.607. The maximum atomic E-state index is 11.1. The fraction of sp³-hybridized carbons (Fsp3) is 0.300. The van der Waals surface area contributed by atoms with Crippen LogP contribution < -0.4 is 15.2 Å². The number of anilines is 2. The number of hydrazine groups is 1. The van der Waals surface area contributed by atoms with Gasteiger partial charge in [0, 0.05) is 0 Å². The minimum atomic E-state index is -3.30. The van der Waals surface area contributed by atoms with Crippen molar-refractivity contribution in [2.45, 2.75) is 0 Å². The van der Waals surface area contributed by atoms with Crippen LogP contribution >= 0.6 is 11.8 Å². The van der Waals surface area contributed by atoms with Gasteiger partial charge in [-0.3, -0.25) is 9.73 Å². The van der Waals surface area contributed by atoms with Crippen LogP contribution in [0.25, 0.3) is 0 Å². The zero-order valence-electron chi connectivity index (χ0n) is 10.0. The fourth-order valence-corrected chi connectivity index (χ4v) is 2.34. The summed E-state index contributed by atoms with van der Waals surface area (Å²) in [6.07, 6.45) is 4.84. The van der Waals surface area contributed by atoms with Crippen molar-refractivity contribution in [3.63, 3.8) is 0 Å². The van der Waals surface area contributed by atoms with E-state index >= 15 is 0 Å². The van der Waals surface area contributed by atoms with Crippen LogP contribution in [0, 0.1) is 11.5 Å². The van der Waals surface area contributed by atoms with Crippen LogP contribution in [0.1, 0.15) is 0 Å². The predicted molar refractivity (Wildman–Crippen MR) is 74.5 cm³/mol. The number of nitrogens with one attached hydrogen (secondary N) is 2. The summed E-state index contributed by atoms with van der Waals surface area (Å²) in [7, 11) is -3.30. The van der Waals surface area contributed by atoms with Crippen LogP contribution in [-0.2, 0) is 10.0 Å². The number of nitriles is 1.